The molecule has 0 bridgehead atoms. The molecule has 3 rings (SSSR count). The maximum Gasteiger partial charge on any atom is 0.317 e. The molecule has 0 saturated carbocycles. The van der Waals surface area contributed by atoms with Crippen molar-refractivity contribution < 1.29 is 14.7 Å². The molecule has 26 heavy (non-hydrogen) atoms. The van der Waals surface area contributed by atoms with Gasteiger partial charge in [0.05, 0.1) is 12.1 Å². The summed E-state index contributed by atoms with van der Waals surface area (Å²) in [4.78, 5) is 25.3. The third-order valence-electron chi connectivity index (χ3n) is 5.09. The molecule has 1 aliphatic rings. The van der Waals surface area contributed by atoms with E-state index in [0.717, 1.165) is 36.8 Å². The first-order chi connectivity index (χ1) is 12.4. The number of carboxylic acids is 1. The van der Waals surface area contributed by atoms with Crippen LogP contribution in [0.4, 0.5) is 0 Å². The highest BCUT2D eigenvalue weighted by Crippen LogP contribution is 2.23. The van der Waals surface area contributed by atoms with Crippen LogP contribution in [0.25, 0.3) is 10.9 Å². The highest BCUT2D eigenvalue weighted by molar-refractivity contribution is 6.04. The summed E-state index contributed by atoms with van der Waals surface area (Å²) in [6.07, 6.45) is 1.79. The second-order valence-electron chi connectivity index (χ2n) is 7.36. The number of aromatic amines is 1. The molecule has 0 unspecified atom stereocenters. The van der Waals surface area contributed by atoms with Crippen LogP contribution < -0.4 is 5.32 Å². The molecule has 0 atom stereocenters. The van der Waals surface area contributed by atoms with Crippen LogP contribution in [-0.4, -0.2) is 58.3 Å². The van der Waals surface area contributed by atoms with E-state index in [1.54, 1.807) is 0 Å². The van der Waals surface area contributed by atoms with Crippen LogP contribution in [0.1, 0.15) is 48.7 Å². The highest BCUT2D eigenvalue weighted by Gasteiger charge is 2.22. The van der Waals surface area contributed by atoms with Crippen molar-refractivity contribution in [3.05, 3.63) is 29.5 Å². The van der Waals surface area contributed by atoms with Crippen LogP contribution in [0.3, 0.4) is 0 Å². The number of carboxylic acid groups (broad SMARTS) is 1. The van der Waals surface area contributed by atoms with Crippen molar-refractivity contribution in [1.82, 2.24) is 20.4 Å². The molecule has 0 aliphatic carbocycles. The Labute approximate surface area is 152 Å². The maximum atomic E-state index is 12.6. The number of hydrogen-bond acceptors (Lipinski definition) is 4. The zero-order valence-corrected chi connectivity index (χ0v) is 15.3. The smallest absolute Gasteiger partial charge is 0.317 e. The van der Waals surface area contributed by atoms with E-state index in [1.165, 1.54) is 5.56 Å². The van der Waals surface area contributed by atoms with Gasteiger partial charge in [0.15, 0.2) is 5.69 Å². The van der Waals surface area contributed by atoms with Gasteiger partial charge in [0.1, 0.15) is 0 Å². The largest absolute Gasteiger partial charge is 0.480 e. The number of nitrogens with one attached hydrogen (secondary N) is 2. The predicted octanol–water partition coefficient (Wildman–Crippen LogP) is 2.21. The van der Waals surface area contributed by atoms with Gasteiger partial charge in [-0.25, -0.2) is 0 Å². The summed E-state index contributed by atoms with van der Waals surface area (Å²) in [5.41, 5.74) is 2.48. The zero-order chi connectivity index (χ0) is 18.7. The molecule has 1 amide bonds. The Morgan fingerprint density at radius 2 is 2.08 bits per heavy atom. The van der Waals surface area contributed by atoms with Crippen molar-refractivity contribution in [3.63, 3.8) is 0 Å². The molecule has 1 aliphatic heterocycles. The molecular formula is C19H26N4O3. The van der Waals surface area contributed by atoms with E-state index in [4.69, 9.17) is 5.11 Å². The van der Waals surface area contributed by atoms with Gasteiger partial charge >= 0.3 is 5.97 Å². The number of piperidine rings is 1. The van der Waals surface area contributed by atoms with Gasteiger partial charge in [-0.3, -0.25) is 19.6 Å². The topological polar surface area (TPSA) is 98.3 Å². The lowest BCUT2D eigenvalue weighted by molar-refractivity contribution is -0.138. The zero-order valence-electron chi connectivity index (χ0n) is 15.3. The summed E-state index contributed by atoms with van der Waals surface area (Å²) in [5, 5.41) is 19.8. The molecule has 0 radical (unpaired) electrons. The molecule has 2 aromatic rings. The molecule has 7 nitrogen and oxygen atoms in total. The number of carbonyl (C=O) groups excluding carboxylic acids is 1. The van der Waals surface area contributed by atoms with Crippen LogP contribution in [0.2, 0.25) is 0 Å². The number of likely N-dealkylation sites (tertiary alicyclic amines) is 1. The Morgan fingerprint density at radius 3 is 2.73 bits per heavy atom. The Morgan fingerprint density at radius 1 is 1.35 bits per heavy atom. The monoisotopic (exact) mass is 358 g/mol. The van der Waals surface area contributed by atoms with E-state index in [9.17, 15) is 9.59 Å². The first-order valence-corrected chi connectivity index (χ1v) is 9.14. The average molecular weight is 358 g/mol. The average Bonchev–Trinajstić information content (AvgIpc) is 3.03. The Kier molecular flexibility index (Phi) is 5.56. The standard InChI is InChI=1S/C19H26N4O3/c1-12(2)14-3-4-16-15(9-14)18(22-21-16)19(26)20-10-13-5-7-23(8-6-13)11-17(24)25/h3-4,9,12-13H,5-8,10-11H2,1-2H3,(H,20,26)(H,21,22)(H,24,25). The minimum Gasteiger partial charge on any atom is -0.480 e. The first-order valence-electron chi connectivity index (χ1n) is 9.14. The van der Waals surface area contributed by atoms with Crippen molar-refractivity contribution in [3.8, 4) is 0 Å². The fourth-order valence-electron chi connectivity index (χ4n) is 3.42. The van der Waals surface area contributed by atoms with E-state index in [1.807, 2.05) is 17.0 Å². The summed E-state index contributed by atoms with van der Waals surface area (Å²) in [6, 6.07) is 6.05. The molecule has 1 aromatic carbocycles. The summed E-state index contributed by atoms with van der Waals surface area (Å²) < 4.78 is 0. The molecule has 2 heterocycles. The third-order valence-corrected chi connectivity index (χ3v) is 5.09. The highest BCUT2D eigenvalue weighted by atomic mass is 16.4. The van der Waals surface area contributed by atoms with Gasteiger partial charge in [-0.1, -0.05) is 19.9 Å². The van der Waals surface area contributed by atoms with Gasteiger partial charge in [-0.2, -0.15) is 5.10 Å². The predicted molar refractivity (Wildman–Crippen MR) is 99.3 cm³/mol. The SMILES string of the molecule is CC(C)c1ccc2[nH]nc(C(=O)NCC3CCN(CC(=O)O)CC3)c2c1. The fourth-order valence-corrected chi connectivity index (χ4v) is 3.42. The number of aliphatic carboxylic acids is 1. The number of hydrogen-bond donors (Lipinski definition) is 3. The normalized spacial score (nSPS) is 16.3. The van der Waals surface area contributed by atoms with Crippen LogP contribution in [0, 0.1) is 5.92 Å². The molecule has 3 N–H and O–H groups in total. The number of carbonyl (C=O) groups is 2. The van der Waals surface area contributed by atoms with Crippen molar-refractivity contribution in [1.29, 1.82) is 0 Å². The lowest BCUT2D eigenvalue weighted by Crippen LogP contribution is -2.40. The minimum atomic E-state index is -0.789. The minimum absolute atomic E-state index is 0.0938. The molecular weight excluding hydrogens is 332 g/mol. The second kappa shape index (κ2) is 7.86. The van der Waals surface area contributed by atoms with Gasteiger partial charge in [0.2, 0.25) is 0 Å². The van der Waals surface area contributed by atoms with Crippen molar-refractivity contribution in [2.24, 2.45) is 5.92 Å². The molecule has 1 fully saturated rings. The Hall–Kier alpha value is -2.41. The van der Waals surface area contributed by atoms with Crippen LogP contribution in [0.15, 0.2) is 18.2 Å². The maximum absolute atomic E-state index is 12.6. The van der Waals surface area contributed by atoms with E-state index >= 15 is 0 Å². The molecule has 1 aromatic heterocycles. The summed E-state index contributed by atoms with van der Waals surface area (Å²) in [5.74, 6) is -0.185. The van der Waals surface area contributed by atoms with E-state index in [2.05, 4.69) is 35.4 Å². The van der Waals surface area contributed by atoms with Crippen molar-refractivity contribution in [2.45, 2.75) is 32.6 Å². The molecule has 1 saturated heterocycles. The Balaban J connectivity index is 1.58. The Bertz CT molecular complexity index is 791. The molecule has 0 spiro atoms. The van der Waals surface area contributed by atoms with Crippen LogP contribution >= 0.6 is 0 Å². The fraction of sp³-hybridized carbons (Fsp3) is 0.526. The number of rotatable bonds is 6. The number of fused-ring (bicyclic) bond motifs is 1. The summed E-state index contributed by atoms with van der Waals surface area (Å²) in [6.45, 7) is 6.45. The van der Waals surface area contributed by atoms with Gasteiger partial charge < -0.3 is 10.4 Å². The van der Waals surface area contributed by atoms with Gasteiger partial charge in [0, 0.05) is 11.9 Å². The van der Waals surface area contributed by atoms with Crippen LogP contribution in [0.5, 0.6) is 0 Å². The van der Waals surface area contributed by atoms with Gasteiger partial charge in [-0.05, 0) is 55.5 Å². The number of aromatic nitrogens is 2. The third kappa shape index (κ3) is 4.22. The lowest BCUT2D eigenvalue weighted by Gasteiger charge is -2.30. The van der Waals surface area contributed by atoms with E-state index in [0.29, 0.717) is 24.1 Å². The van der Waals surface area contributed by atoms with E-state index in [-0.39, 0.29) is 12.5 Å². The van der Waals surface area contributed by atoms with Crippen molar-refractivity contribution in [2.75, 3.05) is 26.2 Å². The van der Waals surface area contributed by atoms with Crippen LogP contribution in [-0.2, 0) is 4.79 Å². The lowest BCUT2D eigenvalue weighted by atomic mass is 9.96. The number of benzene rings is 1. The summed E-state index contributed by atoms with van der Waals surface area (Å²) in [7, 11) is 0. The van der Waals surface area contributed by atoms with Gasteiger partial charge in [-0.15, -0.1) is 0 Å². The second-order valence-corrected chi connectivity index (χ2v) is 7.36. The molecule has 140 valence electrons. The first kappa shape index (κ1) is 18.4. The van der Waals surface area contributed by atoms with E-state index < -0.39 is 5.97 Å². The van der Waals surface area contributed by atoms with Crippen molar-refractivity contribution >= 4 is 22.8 Å². The quantitative estimate of drug-likeness (QED) is 0.735. The molecule has 7 heteroatoms. The summed E-state index contributed by atoms with van der Waals surface area (Å²) >= 11 is 0. The number of amides is 1. The van der Waals surface area contributed by atoms with Gasteiger partial charge in [0.25, 0.3) is 5.91 Å². The number of H-pyrrole nitrogens is 1. The number of nitrogens with zero attached hydrogens (tertiary/aromatic N) is 2.